The van der Waals surface area contributed by atoms with E-state index in [-0.39, 0.29) is 5.91 Å². The Morgan fingerprint density at radius 1 is 0.931 bits per heavy atom. The van der Waals surface area contributed by atoms with Crippen molar-refractivity contribution in [3.05, 3.63) is 71.9 Å². The van der Waals surface area contributed by atoms with E-state index in [1.54, 1.807) is 36.5 Å². The van der Waals surface area contributed by atoms with Gasteiger partial charge in [0.15, 0.2) is 5.82 Å². The summed E-state index contributed by atoms with van der Waals surface area (Å²) < 4.78 is 5.88. The highest BCUT2D eigenvalue weighted by Crippen LogP contribution is 2.23. The maximum atomic E-state index is 12.7. The zero-order valence-electron chi connectivity index (χ0n) is 17.3. The molecule has 0 saturated heterocycles. The zero-order chi connectivity index (χ0) is 20.6. The van der Waals surface area contributed by atoms with E-state index in [1.807, 2.05) is 36.1 Å². The van der Waals surface area contributed by atoms with Crippen molar-refractivity contribution in [2.24, 2.45) is 0 Å². The molecule has 2 aromatic carbocycles. The number of hydrogen-bond acceptors (Lipinski definition) is 4. The molecule has 0 N–H and O–H groups in total. The molecular weight excluding hydrogens is 362 g/mol. The smallest absolute Gasteiger partial charge is 0.253 e. The predicted octanol–water partition coefficient (Wildman–Crippen LogP) is 5.51. The molecular formula is C24H27N3O2. The van der Waals surface area contributed by atoms with Gasteiger partial charge in [-0.1, -0.05) is 43.7 Å². The Morgan fingerprint density at radius 3 is 2.21 bits per heavy atom. The molecule has 5 heteroatoms. The number of aryl methyl sites for hydroxylation is 1. The average molecular weight is 389 g/mol. The van der Waals surface area contributed by atoms with E-state index in [0.29, 0.717) is 23.0 Å². The monoisotopic (exact) mass is 389 g/mol. The third kappa shape index (κ3) is 5.41. The minimum atomic E-state index is 0.0592. The maximum Gasteiger partial charge on any atom is 0.253 e. The fourth-order valence-corrected chi connectivity index (χ4v) is 3.06. The molecule has 1 heterocycles. The van der Waals surface area contributed by atoms with Gasteiger partial charge in [-0.15, -0.1) is 0 Å². The van der Waals surface area contributed by atoms with Crippen molar-refractivity contribution >= 4 is 5.91 Å². The molecule has 0 spiro atoms. The van der Waals surface area contributed by atoms with Gasteiger partial charge in [0.25, 0.3) is 5.91 Å². The molecule has 0 saturated carbocycles. The van der Waals surface area contributed by atoms with Crippen LogP contribution in [0.3, 0.4) is 0 Å². The summed E-state index contributed by atoms with van der Waals surface area (Å²) in [6.07, 6.45) is 3.58. The normalized spacial score (nSPS) is 10.6. The van der Waals surface area contributed by atoms with Crippen LogP contribution in [0.15, 0.2) is 60.8 Å². The van der Waals surface area contributed by atoms with E-state index >= 15 is 0 Å². The molecule has 0 radical (unpaired) electrons. The van der Waals surface area contributed by atoms with Crippen LogP contribution in [-0.4, -0.2) is 33.9 Å². The Balaban J connectivity index is 1.72. The molecule has 3 rings (SSSR count). The standard InChI is InChI=1S/C24H27N3O2/c1-4-16-27(17-5-2)24(28)20-10-12-21(13-11-20)29-22-14-15-25-23(26-22)19-8-6-18(3)7-9-19/h6-15H,4-5,16-17H2,1-3H3. The summed E-state index contributed by atoms with van der Waals surface area (Å²) in [5.74, 6) is 1.77. The Labute approximate surface area is 172 Å². The lowest BCUT2D eigenvalue weighted by atomic mass is 10.1. The van der Waals surface area contributed by atoms with Crippen molar-refractivity contribution in [1.82, 2.24) is 14.9 Å². The van der Waals surface area contributed by atoms with Crippen molar-refractivity contribution in [1.29, 1.82) is 0 Å². The van der Waals surface area contributed by atoms with Gasteiger partial charge in [-0.3, -0.25) is 4.79 Å². The van der Waals surface area contributed by atoms with Gasteiger partial charge in [0.1, 0.15) is 5.75 Å². The number of carbonyl (C=O) groups excluding carboxylic acids is 1. The van der Waals surface area contributed by atoms with E-state index in [0.717, 1.165) is 31.5 Å². The van der Waals surface area contributed by atoms with Crippen molar-refractivity contribution in [2.45, 2.75) is 33.6 Å². The third-order valence-corrected chi connectivity index (χ3v) is 4.54. The average Bonchev–Trinajstić information content (AvgIpc) is 2.74. The Hall–Kier alpha value is -3.21. The van der Waals surface area contributed by atoms with Crippen molar-refractivity contribution in [2.75, 3.05) is 13.1 Å². The number of carbonyl (C=O) groups is 1. The largest absolute Gasteiger partial charge is 0.439 e. The summed E-state index contributed by atoms with van der Waals surface area (Å²) in [6.45, 7) is 7.75. The van der Waals surface area contributed by atoms with Crippen LogP contribution in [0.5, 0.6) is 11.6 Å². The molecule has 1 aromatic heterocycles. The predicted molar refractivity (Wildman–Crippen MR) is 115 cm³/mol. The summed E-state index contributed by atoms with van der Waals surface area (Å²) >= 11 is 0. The summed E-state index contributed by atoms with van der Waals surface area (Å²) in [6, 6.07) is 17.0. The molecule has 3 aromatic rings. The number of ether oxygens (including phenoxy) is 1. The van der Waals surface area contributed by atoms with E-state index in [2.05, 4.69) is 23.8 Å². The van der Waals surface area contributed by atoms with Gasteiger partial charge >= 0.3 is 0 Å². The highest BCUT2D eigenvalue weighted by Gasteiger charge is 2.14. The lowest BCUT2D eigenvalue weighted by molar-refractivity contribution is 0.0755. The zero-order valence-corrected chi connectivity index (χ0v) is 17.3. The molecule has 0 unspecified atom stereocenters. The molecule has 29 heavy (non-hydrogen) atoms. The summed E-state index contributed by atoms with van der Waals surface area (Å²) in [7, 11) is 0. The van der Waals surface area contributed by atoms with Gasteiger partial charge < -0.3 is 9.64 Å². The molecule has 0 fully saturated rings. The van der Waals surface area contributed by atoms with E-state index in [4.69, 9.17) is 4.74 Å². The molecule has 1 amide bonds. The molecule has 0 aliphatic rings. The first-order valence-corrected chi connectivity index (χ1v) is 10.1. The second-order valence-electron chi connectivity index (χ2n) is 7.00. The lowest BCUT2D eigenvalue weighted by Gasteiger charge is -2.21. The molecule has 0 atom stereocenters. The van der Waals surface area contributed by atoms with Crippen molar-refractivity contribution in [3.8, 4) is 23.0 Å². The first-order valence-electron chi connectivity index (χ1n) is 10.1. The maximum absolute atomic E-state index is 12.7. The van der Waals surface area contributed by atoms with Crippen LogP contribution in [0.2, 0.25) is 0 Å². The van der Waals surface area contributed by atoms with Crippen LogP contribution in [-0.2, 0) is 0 Å². The second kappa shape index (κ2) is 9.82. The highest BCUT2D eigenvalue weighted by molar-refractivity contribution is 5.94. The van der Waals surface area contributed by atoms with Gasteiger partial charge in [0.2, 0.25) is 5.88 Å². The fourth-order valence-electron chi connectivity index (χ4n) is 3.06. The van der Waals surface area contributed by atoms with Gasteiger partial charge in [-0.25, -0.2) is 4.98 Å². The topological polar surface area (TPSA) is 55.3 Å². The van der Waals surface area contributed by atoms with Crippen LogP contribution >= 0.6 is 0 Å². The molecule has 0 bridgehead atoms. The van der Waals surface area contributed by atoms with E-state index < -0.39 is 0 Å². The van der Waals surface area contributed by atoms with Crippen LogP contribution in [0.4, 0.5) is 0 Å². The van der Waals surface area contributed by atoms with Crippen LogP contribution in [0.1, 0.15) is 42.6 Å². The molecule has 0 aliphatic heterocycles. The number of aromatic nitrogens is 2. The third-order valence-electron chi connectivity index (χ3n) is 4.54. The Morgan fingerprint density at radius 2 is 1.59 bits per heavy atom. The second-order valence-corrected chi connectivity index (χ2v) is 7.00. The molecule has 150 valence electrons. The van der Waals surface area contributed by atoms with Crippen molar-refractivity contribution < 1.29 is 9.53 Å². The number of benzene rings is 2. The summed E-state index contributed by atoms with van der Waals surface area (Å²) in [5, 5.41) is 0. The van der Waals surface area contributed by atoms with E-state index in [1.165, 1.54) is 5.56 Å². The van der Waals surface area contributed by atoms with Crippen LogP contribution in [0.25, 0.3) is 11.4 Å². The number of hydrogen-bond donors (Lipinski definition) is 0. The first-order chi connectivity index (χ1) is 14.1. The lowest BCUT2D eigenvalue weighted by Crippen LogP contribution is -2.32. The van der Waals surface area contributed by atoms with Gasteiger partial charge in [0.05, 0.1) is 0 Å². The molecule has 5 nitrogen and oxygen atoms in total. The minimum absolute atomic E-state index is 0.0592. The minimum Gasteiger partial charge on any atom is -0.439 e. The van der Waals surface area contributed by atoms with Gasteiger partial charge in [0, 0.05) is 36.5 Å². The summed E-state index contributed by atoms with van der Waals surface area (Å²) in [4.78, 5) is 23.4. The van der Waals surface area contributed by atoms with Crippen LogP contribution in [0, 0.1) is 6.92 Å². The number of nitrogens with zero attached hydrogens (tertiary/aromatic N) is 3. The Bertz CT molecular complexity index is 931. The highest BCUT2D eigenvalue weighted by atomic mass is 16.5. The first kappa shape index (κ1) is 20.5. The number of amides is 1. The fraction of sp³-hybridized carbons (Fsp3) is 0.292. The SMILES string of the molecule is CCCN(CCC)C(=O)c1ccc(Oc2ccnc(-c3ccc(C)cc3)n2)cc1. The Kier molecular flexibility index (Phi) is 6.95. The van der Waals surface area contributed by atoms with E-state index in [9.17, 15) is 4.79 Å². The van der Waals surface area contributed by atoms with Gasteiger partial charge in [-0.05, 0) is 44.0 Å². The quantitative estimate of drug-likeness (QED) is 0.510. The van der Waals surface area contributed by atoms with Crippen LogP contribution < -0.4 is 4.74 Å². The number of rotatable bonds is 8. The summed E-state index contributed by atoms with van der Waals surface area (Å²) in [5.41, 5.74) is 2.79. The molecule has 0 aliphatic carbocycles. The van der Waals surface area contributed by atoms with Crippen molar-refractivity contribution in [3.63, 3.8) is 0 Å². The van der Waals surface area contributed by atoms with Gasteiger partial charge in [-0.2, -0.15) is 4.98 Å².